The highest BCUT2D eigenvalue weighted by Gasteiger charge is 2.54. The fourth-order valence-electron chi connectivity index (χ4n) is 5.52. The Morgan fingerprint density at radius 2 is 1.44 bits per heavy atom. The molecule has 1 aromatic heterocycles. The molecule has 1 heterocycles. The molecule has 0 radical (unpaired) electrons. The molecular formula is C32H39F6N5O7S2. The van der Waals surface area contributed by atoms with Crippen molar-refractivity contribution >= 4 is 49.1 Å². The molecule has 1 fully saturated rings. The molecule has 0 spiro atoms. The molecule has 288 valence electrons. The number of aromatic hydroxyl groups is 1. The number of sulfonamides is 1. The van der Waals surface area contributed by atoms with Crippen LogP contribution in [0.25, 0.3) is 10.2 Å². The van der Waals surface area contributed by atoms with Crippen molar-refractivity contribution in [1.29, 1.82) is 0 Å². The van der Waals surface area contributed by atoms with Crippen molar-refractivity contribution in [2.75, 3.05) is 32.7 Å². The number of aromatic nitrogens is 1. The van der Waals surface area contributed by atoms with Gasteiger partial charge in [-0.1, -0.05) is 48.8 Å². The molecule has 6 N–H and O–H groups in total. The summed E-state index contributed by atoms with van der Waals surface area (Å²) in [5.41, 5.74) is 2.50. The van der Waals surface area contributed by atoms with Crippen molar-refractivity contribution in [3.8, 4) is 5.75 Å². The quantitative estimate of drug-likeness (QED) is 0.0869. The zero-order valence-corrected chi connectivity index (χ0v) is 29.4. The van der Waals surface area contributed by atoms with E-state index in [0.717, 1.165) is 65.7 Å². The van der Waals surface area contributed by atoms with Gasteiger partial charge in [-0.25, -0.2) is 13.6 Å². The predicted molar refractivity (Wildman–Crippen MR) is 180 cm³/mol. The summed E-state index contributed by atoms with van der Waals surface area (Å²) in [4.78, 5) is 48.9. The van der Waals surface area contributed by atoms with Crippen LogP contribution in [0.4, 0.5) is 26.3 Å². The van der Waals surface area contributed by atoms with Crippen molar-refractivity contribution in [3.05, 3.63) is 57.2 Å². The Kier molecular flexibility index (Phi) is 15.4. The van der Waals surface area contributed by atoms with E-state index in [2.05, 4.69) is 20.5 Å². The van der Waals surface area contributed by atoms with Crippen molar-refractivity contribution in [2.45, 2.75) is 74.7 Å². The SMILES string of the molecule is NS(=O)(=O)c1ccc(CCNCCC(=O)N(CCNCCc2ccc(O)c3[nH]c(=O)sc23)C2CCCCC2)cc1.O=C(C(=O)C(F)(F)F)C(F)(F)F. The number of alkyl halides is 6. The van der Waals surface area contributed by atoms with E-state index in [1.807, 2.05) is 6.07 Å². The number of aromatic amines is 1. The zero-order chi connectivity index (χ0) is 38.7. The first kappa shape index (κ1) is 42.6. The first-order valence-corrected chi connectivity index (χ1v) is 18.5. The lowest BCUT2D eigenvalue weighted by molar-refractivity contribution is -0.193. The van der Waals surface area contributed by atoms with E-state index >= 15 is 0 Å². The number of nitrogens with zero attached hydrogens (tertiary/aromatic N) is 1. The molecule has 3 aromatic rings. The normalized spacial score (nSPS) is 14.1. The number of phenols is 1. The average molecular weight is 784 g/mol. The second-order valence-electron chi connectivity index (χ2n) is 11.9. The summed E-state index contributed by atoms with van der Waals surface area (Å²) in [5.74, 6) is -6.57. The van der Waals surface area contributed by atoms with Crippen LogP contribution in [0, 0.1) is 0 Å². The number of halogens is 6. The second kappa shape index (κ2) is 18.8. The number of nitrogens with one attached hydrogen (secondary N) is 3. The van der Waals surface area contributed by atoms with Crippen LogP contribution in [0.5, 0.6) is 5.75 Å². The third-order valence-corrected chi connectivity index (χ3v) is 10.0. The van der Waals surface area contributed by atoms with Crippen LogP contribution in [0.1, 0.15) is 49.7 Å². The maximum atomic E-state index is 13.2. The van der Waals surface area contributed by atoms with Crippen LogP contribution in [0.2, 0.25) is 0 Å². The molecule has 12 nitrogen and oxygen atoms in total. The number of carbonyl (C=O) groups excluding carboxylic acids is 3. The average Bonchev–Trinajstić information content (AvgIpc) is 3.48. The van der Waals surface area contributed by atoms with Gasteiger partial charge in [-0.15, -0.1) is 0 Å². The van der Waals surface area contributed by atoms with Gasteiger partial charge >= 0.3 is 28.8 Å². The van der Waals surface area contributed by atoms with Crippen LogP contribution in [0.15, 0.2) is 46.1 Å². The molecule has 0 unspecified atom stereocenters. The van der Waals surface area contributed by atoms with E-state index in [0.29, 0.717) is 44.7 Å². The van der Waals surface area contributed by atoms with E-state index in [-0.39, 0.29) is 27.5 Å². The highest BCUT2D eigenvalue weighted by molar-refractivity contribution is 7.89. The number of hydrogen-bond donors (Lipinski definition) is 5. The van der Waals surface area contributed by atoms with Gasteiger partial charge in [0.2, 0.25) is 15.9 Å². The highest BCUT2D eigenvalue weighted by Crippen LogP contribution is 2.28. The number of thiazole rings is 1. The number of phenolic OH excluding ortho intramolecular Hbond substituents is 1. The van der Waals surface area contributed by atoms with E-state index in [4.69, 9.17) is 5.14 Å². The Hall–Kier alpha value is -3.85. The van der Waals surface area contributed by atoms with Gasteiger partial charge in [0.1, 0.15) is 11.3 Å². The van der Waals surface area contributed by atoms with E-state index in [9.17, 15) is 59.0 Å². The van der Waals surface area contributed by atoms with Crippen molar-refractivity contribution < 1.29 is 54.3 Å². The van der Waals surface area contributed by atoms with Gasteiger partial charge in [-0.2, -0.15) is 26.3 Å². The Morgan fingerprint density at radius 1 is 0.865 bits per heavy atom. The molecular weight excluding hydrogens is 745 g/mol. The van der Waals surface area contributed by atoms with Crippen molar-refractivity contribution in [3.63, 3.8) is 0 Å². The minimum atomic E-state index is -5.77. The van der Waals surface area contributed by atoms with Crippen LogP contribution >= 0.6 is 11.3 Å². The molecule has 1 aliphatic rings. The van der Waals surface area contributed by atoms with Gasteiger partial charge in [0.05, 0.1) is 9.60 Å². The van der Waals surface area contributed by atoms with Crippen molar-refractivity contribution in [1.82, 2.24) is 20.5 Å². The molecule has 0 bridgehead atoms. The number of primary sulfonamides is 1. The predicted octanol–water partition coefficient (Wildman–Crippen LogP) is 3.71. The topological polar surface area (TPSA) is 192 Å². The Bertz CT molecular complexity index is 1810. The summed E-state index contributed by atoms with van der Waals surface area (Å²) in [6.07, 6.45) is -4.04. The van der Waals surface area contributed by atoms with Gasteiger partial charge in [0, 0.05) is 32.1 Å². The van der Waals surface area contributed by atoms with E-state index in [1.54, 1.807) is 18.2 Å². The summed E-state index contributed by atoms with van der Waals surface area (Å²) >= 11 is 1.11. The number of hydrogen-bond acceptors (Lipinski definition) is 10. The third-order valence-electron chi connectivity index (χ3n) is 8.15. The number of nitrogens with two attached hydrogens (primary N) is 1. The number of ketones is 2. The van der Waals surface area contributed by atoms with E-state index in [1.165, 1.54) is 18.6 Å². The summed E-state index contributed by atoms with van der Waals surface area (Å²) in [6, 6.07) is 10.3. The molecule has 4 rings (SSSR count). The standard InChI is InChI=1S/C28H39N5O5S2.C4F6O2/c29-40(37,38)23-9-6-20(7-10-23)12-15-30-17-14-25(35)33(22-4-2-1-3-5-22)19-18-31-16-13-21-8-11-24(34)26-27(21)39-28(36)32-26;5-3(6,7)1(11)2(12)4(8,9)10/h6-11,22,30-31,34H,1-5,12-19H2,(H,32,36)(H2,29,37,38);. The third kappa shape index (κ3) is 13.0. The lowest BCUT2D eigenvalue weighted by Crippen LogP contribution is -2.45. The number of carbonyl (C=O) groups is 3. The van der Waals surface area contributed by atoms with Crippen LogP contribution in [-0.2, 0) is 37.2 Å². The van der Waals surface area contributed by atoms with Crippen LogP contribution in [-0.4, -0.2) is 92.0 Å². The lowest BCUT2D eigenvalue weighted by atomic mass is 9.94. The van der Waals surface area contributed by atoms with Gasteiger partial charge in [-0.3, -0.25) is 19.2 Å². The van der Waals surface area contributed by atoms with Gasteiger partial charge in [0.15, 0.2) is 0 Å². The summed E-state index contributed by atoms with van der Waals surface area (Å²) in [6.45, 7) is 3.32. The first-order valence-electron chi connectivity index (χ1n) is 16.2. The molecule has 1 aliphatic carbocycles. The number of H-pyrrole nitrogens is 1. The number of amides is 1. The summed E-state index contributed by atoms with van der Waals surface area (Å²) in [7, 11) is -3.69. The Balaban J connectivity index is 0.000000521. The molecule has 1 amide bonds. The van der Waals surface area contributed by atoms with Crippen LogP contribution < -0.4 is 20.6 Å². The van der Waals surface area contributed by atoms with Crippen molar-refractivity contribution in [2.24, 2.45) is 5.14 Å². The number of rotatable bonds is 15. The number of Topliss-reactive ketones (excluding diaryl/α,β-unsaturated/α-hetero) is 2. The molecule has 0 aliphatic heterocycles. The highest BCUT2D eigenvalue weighted by atomic mass is 32.2. The number of fused-ring (bicyclic) bond motifs is 1. The first-order chi connectivity index (χ1) is 24.3. The smallest absolute Gasteiger partial charge is 0.458 e. The zero-order valence-electron chi connectivity index (χ0n) is 27.7. The van der Waals surface area contributed by atoms with Gasteiger partial charge in [0.25, 0.3) is 0 Å². The Labute approximate surface area is 298 Å². The second-order valence-corrected chi connectivity index (χ2v) is 14.5. The van der Waals surface area contributed by atoms with E-state index < -0.39 is 33.9 Å². The summed E-state index contributed by atoms with van der Waals surface area (Å²) < 4.78 is 90.5. The maximum absolute atomic E-state index is 13.2. The largest absolute Gasteiger partial charge is 0.506 e. The maximum Gasteiger partial charge on any atom is 0.458 e. The Morgan fingerprint density at radius 3 is 2.02 bits per heavy atom. The van der Waals surface area contributed by atoms with Gasteiger partial charge < -0.3 is 25.6 Å². The molecule has 20 heteroatoms. The molecule has 52 heavy (non-hydrogen) atoms. The van der Waals surface area contributed by atoms with Gasteiger partial charge in [-0.05, 0) is 68.1 Å². The molecule has 0 saturated heterocycles. The fourth-order valence-corrected chi connectivity index (χ4v) is 6.93. The lowest BCUT2D eigenvalue weighted by Gasteiger charge is -2.34. The monoisotopic (exact) mass is 783 g/mol. The molecule has 0 atom stereocenters. The summed E-state index contributed by atoms with van der Waals surface area (Å²) in [5, 5.41) is 21.9. The molecule has 1 saturated carbocycles. The minimum Gasteiger partial charge on any atom is -0.506 e. The number of benzene rings is 2. The minimum absolute atomic E-state index is 0.0833. The van der Waals surface area contributed by atoms with Crippen LogP contribution in [0.3, 0.4) is 0 Å². The molecule has 2 aromatic carbocycles. The fraction of sp³-hybridized carbons (Fsp3) is 0.500.